The summed E-state index contributed by atoms with van der Waals surface area (Å²) >= 11 is 7.02. The van der Waals surface area contributed by atoms with E-state index < -0.39 is 37.2 Å². The summed E-state index contributed by atoms with van der Waals surface area (Å²) in [7, 11) is 0. The fourth-order valence-corrected chi connectivity index (χ4v) is 5.62. The maximum atomic E-state index is 10.9. The molecule has 1 aromatic carbocycles. The van der Waals surface area contributed by atoms with Crippen LogP contribution in [0.3, 0.4) is 0 Å². The molecule has 0 saturated heterocycles. The molecule has 2 aliphatic rings. The van der Waals surface area contributed by atoms with Crippen molar-refractivity contribution < 1.29 is 30.6 Å². The van der Waals surface area contributed by atoms with E-state index in [-0.39, 0.29) is 12.1 Å². The molecule has 0 radical (unpaired) electrons. The van der Waals surface area contributed by atoms with Crippen molar-refractivity contribution in [2.75, 3.05) is 11.9 Å². The maximum absolute atomic E-state index is 10.9. The van der Waals surface area contributed by atoms with E-state index in [9.17, 15) is 25.5 Å². The Balaban J connectivity index is 1.90. The lowest BCUT2D eigenvalue weighted by Crippen LogP contribution is -2.61. The zero-order chi connectivity index (χ0) is 21.3. The largest absolute Gasteiger partial charge is 0.394 e. The molecule has 0 aromatic heterocycles. The van der Waals surface area contributed by atoms with E-state index in [1.54, 1.807) is 0 Å². The summed E-state index contributed by atoms with van der Waals surface area (Å²) in [5.41, 5.74) is 1.79. The van der Waals surface area contributed by atoms with Crippen LogP contribution in [-0.2, 0) is 6.54 Å². The van der Waals surface area contributed by atoms with Crippen molar-refractivity contribution in [2.24, 2.45) is 0 Å². The Hall–Kier alpha value is -0.300. The molecule has 8 nitrogen and oxygen atoms in total. The highest BCUT2D eigenvalue weighted by atomic mass is 79.9. The molecule has 1 aliphatic heterocycles. The van der Waals surface area contributed by atoms with Crippen molar-refractivity contribution in [3.05, 3.63) is 26.6 Å². The molecule has 164 valence electrons. The van der Waals surface area contributed by atoms with Crippen molar-refractivity contribution in [1.82, 2.24) is 4.90 Å². The third-order valence-corrected chi connectivity index (χ3v) is 6.96. The molecule has 29 heavy (non-hydrogen) atoms. The van der Waals surface area contributed by atoms with Crippen molar-refractivity contribution >= 4 is 37.5 Å². The summed E-state index contributed by atoms with van der Waals surface area (Å²) in [5, 5.41) is 63.3. The molecule has 3 rings (SSSR count). The number of rotatable bonds is 6. The van der Waals surface area contributed by atoms with Gasteiger partial charge in [-0.15, -0.1) is 0 Å². The van der Waals surface area contributed by atoms with E-state index >= 15 is 0 Å². The van der Waals surface area contributed by atoms with Crippen LogP contribution in [0.1, 0.15) is 31.2 Å². The van der Waals surface area contributed by atoms with Crippen LogP contribution >= 0.6 is 31.9 Å². The van der Waals surface area contributed by atoms with Gasteiger partial charge in [0.15, 0.2) is 0 Å². The van der Waals surface area contributed by atoms with Gasteiger partial charge >= 0.3 is 0 Å². The Labute approximate surface area is 186 Å². The summed E-state index contributed by atoms with van der Waals surface area (Å²) in [6, 6.07) is 3.94. The molecule has 1 aliphatic carbocycles. The van der Waals surface area contributed by atoms with Crippen molar-refractivity contribution in [3.63, 3.8) is 0 Å². The Bertz CT molecular complexity index is 704. The first-order valence-corrected chi connectivity index (χ1v) is 11.3. The van der Waals surface area contributed by atoms with E-state index in [4.69, 9.17) is 5.11 Å². The van der Waals surface area contributed by atoms with Gasteiger partial charge in [0.1, 0.15) is 30.6 Å². The molecule has 5 atom stereocenters. The maximum Gasteiger partial charge on any atom is 0.116 e. The van der Waals surface area contributed by atoms with Gasteiger partial charge in [-0.1, -0.05) is 15.9 Å². The van der Waals surface area contributed by atoms with Gasteiger partial charge in [0.05, 0.1) is 18.4 Å². The van der Waals surface area contributed by atoms with Crippen LogP contribution in [0.25, 0.3) is 0 Å². The molecular formula is C19H28Br2N2O6. The monoisotopic (exact) mass is 538 g/mol. The van der Waals surface area contributed by atoms with Gasteiger partial charge in [0.25, 0.3) is 0 Å². The van der Waals surface area contributed by atoms with Crippen molar-refractivity contribution in [1.29, 1.82) is 0 Å². The minimum Gasteiger partial charge on any atom is -0.394 e. The first kappa shape index (κ1) is 23.4. The first-order chi connectivity index (χ1) is 13.7. The number of nitrogens with zero attached hydrogens (tertiary/aromatic N) is 1. The van der Waals surface area contributed by atoms with Gasteiger partial charge in [-0.3, -0.25) is 4.90 Å². The van der Waals surface area contributed by atoms with E-state index in [2.05, 4.69) is 37.2 Å². The number of hydrogen-bond donors (Lipinski definition) is 7. The molecule has 7 N–H and O–H groups in total. The fourth-order valence-electron chi connectivity index (χ4n) is 4.19. The van der Waals surface area contributed by atoms with Gasteiger partial charge in [0.2, 0.25) is 0 Å². The zero-order valence-corrected chi connectivity index (χ0v) is 19.0. The predicted molar refractivity (Wildman–Crippen MR) is 114 cm³/mol. The van der Waals surface area contributed by atoms with Gasteiger partial charge < -0.3 is 36.0 Å². The van der Waals surface area contributed by atoms with Crippen LogP contribution < -0.4 is 5.32 Å². The van der Waals surface area contributed by atoms with Crippen LogP contribution in [0.2, 0.25) is 0 Å². The Kier molecular flexibility index (Phi) is 7.96. The standard InChI is InChI=1S/C19H28Br2N2O6/c20-10-5-9-7-23(11-1-3-12(25)4-2-11)19(22-15(9)13(21)6-10)18(29)17(28)16(27)14(26)8-24/h5-6,11-12,14,16-19,22,24-29H,1-4,7-8H2/t11?,12?,14-,16-,17-,18?,19?/m1/s1. The highest BCUT2D eigenvalue weighted by Crippen LogP contribution is 2.39. The zero-order valence-electron chi connectivity index (χ0n) is 15.8. The second-order valence-corrected chi connectivity index (χ2v) is 9.64. The van der Waals surface area contributed by atoms with Crippen LogP contribution in [0.4, 0.5) is 5.69 Å². The quantitative estimate of drug-likeness (QED) is 0.278. The number of nitrogens with one attached hydrogen (secondary N) is 1. The van der Waals surface area contributed by atoms with Crippen LogP contribution in [0.5, 0.6) is 0 Å². The average molecular weight is 540 g/mol. The molecule has 0 amide bonds. The number of aliphatic hydroxyl groups excluding tert-OH is 6. The minimum absolute atomic E-state index is 0.0727. The van der Waals surface area contributed by atoms with Crippen LogP contribution in [0.15, 0.2) is 21.1 Å². The van der Waals surface area contributed by atoms with Crippen LogP contribution in [0, 0.1) is 0 Å². The van der Waals surface area contributed by atoms with Crippen molar-refractivity contribution in [2.45, 2.75) is 75.0 Å². The summed E-state index contributed by atoms with van der Waals surface area (Å²) in [4.78, 5) is 2.04. The average Bonchev–Trinajstić information content (AvgIpc) is 2.71. The summed E-state index contributed by atoms with van der Waals surface area (Å²) in [6.45, 7) is -0.218. The van der Waals surface area contributed by atoms with E-state index in [1.165, 1.54) is 0 Å². The number of benzene rings is 1. The SMILES string of the molecule is OC[C@@H](O)[C@@H](O)[C@@H](O)C(O)C1Nc2c(Br)cc(Br)cc2CN1C1CCC(O)CC1. The number of fused-ring (bicyclic) bond motifs is 1. The molecular weight excluding hydrogens is 512 g/mol. The smallest absolute Gasteiger partial charge is 0.116 e. The van der Waals surface area contributed by atoms with Gasteiger partial charge in [-0.25, -0.2) is 0 Å². The highest BCUT2D eigenvalue weighted by Gasteiger charge is 2.42. The fraction of sp³-hybridized carbons (Fsp3) is 0.684. The Morgan fingerprint density at radius 2 is 1.69 bits per heavy atom. The lowest BCUT2D eigenvalue weighted by atomic mass is 9.89. The van der Waals surface area contributed by atoms with Crippen molar-refractivity contribution in [3.8, 4) is 0 Å². The van der Waals surface area contributed by atoms with Gasteiger partial charge in [0, 0.05) is 21.5 Å². The topological polar surface area (TPSA) is 137 Å². The third kappa shape index (κ3) is 5.13. The molecule has 1 fully saturated rings. The predicted octanol–water partition coefficient (Wildman–Crippen LogP) is 0.505. The Morgan fingerprint density at radius 1 is 1.03 bits per heavy atom. The molecule has 1 aromatic rings. The number of halogens is 2. The second kappa shape index (κ2) is 9.88. The lowest BCUT2D eigenvalue weighted by Gasteiger charge is -2.47. The van der Waals surface area contributed by atoms with E-state index in [0.717, 1.165) is 33.0 Å². The third-order valence-electron chi connectivity index (χ3n) is 5.88. The summed E-state index contributed by atoms with van der Waals surface area (Å²) < 4.78 is 1.70. The van der Waals surface area contributed by atoms with Gasteiger partial charge in [-0.05, 0) is 59.3 Å². The first-order valence-electron chi connectivity index (χ1n) is 9.74. The molecule has 0 spiro atoms. The number of aliphatic hydroxyl groups is 6. The lowest BCUT2D eigenvalue weighted by molar-refractivity contribution is -0.134. The Morgan fingerprint density at radius 3 is 2.31 bits per heavy atom. The van der Waals surface area contributed by atoms with Gasteiger partial charge in [-0.2, -0.15) is 0 Å². The second-order valence-electron chi connectivity index (χ2n) is 7.87. The van der Waals surface area contributed by atoms with E-state index in [1.807, 2.05) is 17.0 Å². The number of hydrogen-bond acceptors (Lipinski definition) is 8. The normalized spacial score (nSPS) is 29.4. The molecule has 1 saturated carbocycles. The minimum atomic E-state index is -1.69. The number of anilines is 1. The summed E-state index contributed by atoms with van der Waals surface area (Å²) in [6.07, 6.45) is -4.59. The van der Waals surface area contributed by atoms with Crippen LogP contribution in [-0.4, -0.2) is 84.9 Å². The summed E-state index contributed by atoms with van der Waals surface area (Å²) in [5.74, 6) is 0. The van der Waals surface area contributed by atoms with E-state index in [0.29, 0.717) is 19.4 Å². The molecule has 2 unspecified atom stereocenters. The molecule has 0 bridgehead atoms. The molecule has 10 heteroatoms. The molecule has 1 heterocycles. The highest BCUT2D eigenvalue weighted by molar-refractivity contribution is 9.11.